The summed E-state index contributed by atoms with van der Waals surface area (Å²) in [5, 5.41) is 1.36. The van der Waals surface area contributed by atoms with Crippen LogP contribution in [0.25, 0.3) is 134 Å². The van der Waals surface area contributed by atoms with Gasteiger partial charge in [0.25, 0.3) is 0 Å². The van der Waals surface area contributed by atoms with E-state index in [0.717, 1.165) is 142 Å². The highest BCUT2D eigenvalue weighted by atomic mass is 79.9. The third kappa shape index (κ3) is 10.3. The lowest BCUT2D eigenvalue weighted by atomic mass is 9.73. The molecule has 0 spiro atoms. The Balaban J connectivity index is 1.21. The number of hydrogen-bond donors (Lipinski definition) is 0. The van der Waals surface area contributed by atoms with Crippen LogP contribution in [0.4, 0.5) is 0 Å². The molecule has 0 saturated carbocycles. The van der Waals surface area contributed by atoms with Gasteiger partial charge in [0.05, 0.1) is 0 Å². The van der Waals surface area contributed by atoms with Gasteiger partial charge in [-0.25, -0.2) is 0 Å². The zero-order valence-corrected chi connectivity index (χ0v) is 49.1. The highest BCUT2D eigenvalue weighted by Crippen LogP contribution is 2.59. The third-order valence-electron chi connectivity index (χ3n) is 15.4. The summed E-state index contributed by atoms with van der Waals surface area (Å²) in [7, 11) is 0. The van der Waals surface area contributed by atoms with Crippen LogP contribution < -0.4 is 0 Å². The molecule has 82 heavy (non-hydrogen) atoms. The maximum absolute atomic E-state index is 6.78. The zero-order chi connectivity index (χ0) is 55.5. The Bertz CT molecular complexity index is 4070. The van der Waals surface area contributed by atoms with Gasteiger partial charge >= 0.3 is 0 Å². The number of hydrogen-bond acceptors (Lipinski definition) is 0. The lowest BCUT2D eigenvalue weighted by Gasteiger charge is -2.30. The highest BCUT2D eigenvalue weighted by molar-refractivity contribution is 9.10. The molecule has 0 amide bonds. The van der Waals surface area contributed by atoms with Gasteiger partial charge in [0, 0.05) is 19.0 Å². The second-order valence-electron chi connectivity index (χ2n) is 20.3. The van der Waals surface area contributed by atoms with E-state index < -0.39 is 0 Å². The van der Waals surface area contributed by atoms with Gasteiger partial charge in [-0.05, 0) is 182 Å². The Morgan fingerprint density at radius 3 is 0.427 bits per heavy atom. The fourth-order valence-corrected chi connectivity index (χ4v) is 12.6. The first-order valence-electron chi connectivity index (χ1n) is 27.3. The fraction of sp³-hybridized carbons (Fsp3) is 0. The van der Waals surface area contributed by atoms with Crippen LogP contribution in [0.2, 0.25) is 10.0 Å². The Morgan fingerprint density at radius 2 is 0.268 bits per heavy atom. The summed E-state index contributed by atoms with van der Waals surface area (Å²) >= 11 is 21.1. The summed E-state index contributed by atoms with van der Waals surface area (Å²) in [4.78, 5) is 0. The van der Waals surface area contributed by atoms with E-state index in [1.807, 2.05) is 24.3 Å². The molecule has 0 nitrogen and oxygen atoms in total. The number of halogens is 4. The van der Waals surface area contributed by atoms with Crippen molar-refractivity contribution in [2.45, 2.75) is 0 Å². The van der Waals surface area contributed by atoms with Crippen molar-refractivity contribution in [3.63, 3.8) is 0 Å². The maximum atomic E-state index is 6.78. The van der Waals surface area contributed by atoms with Gasteiger partial charge in [0.2, 0.25) is 0 Å². The molecule has 0 aliphatic heterocycles. The molecule has 13 aromatic rings. The smallest absolute Gasteiger partial charge is 0.0406 e. The summed E-state index contributed by atoms with van der Waals surface area (Å²) in [6.45, 7) is 0. The van der Waals surface area contributed by atoms with Crippen LogP contribution in [0.15, 0.2) is 312 Å². The second kappa shape index (κ2) is 23.5. The van der Waals surface area contributed by atoms with Crippen LogP contribution in [0.3, 0.4) is 0 Å². The van der Waals surface area contributed by atoms with Gasteiger partial charge in [-0.15, -0.1) is 0 Å². The largest absolute Gasteiger partial charge is 0.0843 e. The molecule has 4 heteroatoms. The molecule has 0 aliphatic rings. The maximum Gasteiger partial charge on any atom is 0.0406 e. The summed E-state index contributed by atoms with van der Waals surface area (Å²) in [6.07, 6.45) is 0. The standard InChI is InChI=1S/C78H50Br2Cl2/c79-63-43-35-59(36-44-63)75-69(53-23-11-3-12-24-53)67(51-19-7-1-8-20-51)74(72(56-29-17-6-18-30-56)78(75)62-41-49-66(82)50-42-62)58-33-31-57(32-34-58)73-68(52-21-9-2-10-22-52)70(54-25-13-4-14-26-54)77(61-39-47-65(81)48-40-61)76(60-37-45-64(80)46-38-60)71(73)55-27-15-5-16-28-55/h1-50H. The summed E-state index contributed by atoms with van der Waals surface area (Å²) in [5.41, 5.74) is 26.7. The van der Waals surface area contributed by atoms with Gasteiger partial charge in [0.15, 0.2) is 0 Å². The summed E-state index contributed by atoms with van der Waals surface area (Å²) in [5.74, 6) is 0. The molecular weight excluding hydrogens is 1170 g/mol. The quantitative estimate of drug-likeness (QED) is 0.114. The Hall–Kier alpha value is -8.60. The van der Waals surface area contributed by atoms with Gasteiger partial charge in [-0.1, -0.05) is 310 Å². The van der Waals surface area contributed by atoms with Crippen LogP contribution in [-0.4, -0.2) is 0 Å². The topological polar surface area (TPSA) is 0 Å². The second-order valence-corrected chi connectivity index (χ2v) is 23.0. The van der Waals surface area contributed by atoms with E-state index in [1.165, 1.54) is 0 Å². The Morgan fingerprint density at radius 1 is 0.146 bits per heavy atom. The molecular formula is C78H50Br2Cl2. The van der Waals surface area contributed by atoms with Crippen molar-refractivity contribution in [3.8, 4) is 134 Å². The Kier molecular flexibility index (Phi) is 15.1. The number of benzene rings is 13. The Labute approximate surface area is 506 Å². The average Bonchev–Trinajstić information content (AvgIpc) is 3.42. The van der Waals surface area contributed by atoms with Crippen molar-refractivity contribution in [1.29, 1.82) is 0 Å². The number of rotatable bonds is 12. The van der Waals surface area contributed by atoms with Gasteiger partial charge in [-0.3, -0.25) is 0 Å². The van der Waals surface area contributed by atoms with Crippen LogP contribution in [0, 0.1) is 0 Å². The molecule has 13 aromatic carbocycles. The van der Waals surface area contributed by atoms with Crippen LogP contribution in [0.1, 0.15) is 0 Å². The van der Waals surface area contributed by atoms with Gasteiger partial charge < -0.3 is 0 Å². The molecule has 0 fully saturated rings. The summed E-state index contributed by atoms with van der Waals surface area (Å²) < 4.78 is 2.02. The van der Waals surface area contributed by atoms with Crippen molar-refractivity contribution < 1.29 is 0 Å². The minimum atomic E-state index is 0.680. The van der Waals surface area contributed by atoms with Crippen LogP contribution >= 0.6 is 55.1 Å². The molecule has 0 atom stereocenters. The minimum Gasteiger partial charge on any atom is -0.0843 e. The first kappa shape index (κ1) is 52.8. The van der Waals surface area contributed by atoms with Gasteiger partial charge in [0.1, 0.15) is 0 Å². The average molecular weight is 1220 g/mol. The van der Waals surface area contributed by atoms with Crippen molar-refractivity contribution in [2.75, 3.05) is 0 Å². The molecule has 0 aliphatic carbocycles. The first-order valence-corrected chi connectivity index (χ1v) is 29.7. The minimum absolute atomic E-state index is 0.680. The lowest BCUT2D eigenvalue weighted by molar-refractivity contribution is 1.50. The van der Waals surface area contributed by atoms with E-state index in [2.05, 4.69) is 311 Å². The normalized spacial score (nSPS) is 11.2. The van der Waals surface area contributed by atoms with Crippen LogP contribution in [0.5, 0.6) is 0 Å². The molecule has 0 unspecified atom stereocenters. The van der Waals surface area contributed by atoms with Crippen molar-refractivity contribution in [3.05, 3.63) is 322 Å². The molecule has 13 rings (SSSR count). The fourth-order valence-electron chi connectivity index (χ4n) is 11.9. The molecule has 0 saturated heterocycles. The van der Waals surface area contributed by atoms with Crippen molar-refractivity contribution >= 4 is 55.1 Å². The predicted octanol–water partition coefficient (Wildman–Crippen LogP) is 24.5. The molecule has 0 heterocycles. The van der Waals surface area contributed by atoms with E-state index in [4.69, 9.17) is 23.2 Å². The SMILES string of the molecule is Clc1ccc(-c2c(-c3ccccc3)c(-c3ccc(-c4c(-c5ccccc5)c(-c5ccccc5)c(-c5ccc(Cl)cc5)c(-c5ccc(Br)cc5)c4-c4ccccc4)cc3)c(-c3ccccc3)c(-c3ccccc3)c2-c2ccc(Br)cc2)cc1. The van der Waals surface area contributed by atoms with Crippen molar-refractivity contribution in [2.24, 2.45) is 0 Å². The monoisotopic (exact) mass is 1210 g/mol. The molecule has 0 N–H and O–H groups in total. The van der Waals surface area contributed by atoms with E-state index in [0.29, 0.717) is 10.0 Å². The lowest BCUT2D eigenvalue weighted by Crippen LogP contribution is -2.03. The molecule has 0 aromatic heterocycles. The van der Waals surface area contributed by atoms with Gasteiger partial charge in [-0.2, -0.15) is 0 Å². The molecule has 0 radical (unpaired) electrons. The van der Waals surface area contributed by atoms with Crippen molar-refractivity contribution in [1.82, 2.24) is 0 Å². The van der Waals surface area contributed by atoms with E-state index in [-0.39, 0.29) is 0 Å². The third-order valence-corrected chi connectivity index (χ3v) is 16.9. The van der Waals surface area contributed by atoms with E-state index >= 15 is 0 Å². The predicted molar refractivity (Wildman–Crippen MR) is 357 cm³/mol. The first-order chi connectivity index (χ1) is 40.4. The van der Waals surface area contributed by atoms with E-state index in [1.54, 1.807) is 0 Å². The highest BCUT2D eigenvalue weighted by Gasteiger charge is 2.32. The molecule has 390 valence electrons. The summed E-state index contributed by atoms with van der Waals surface area (Å²) in [6, 6.07) is 109. The molecule has 0 bridgehead atoms. The van der Waals surface area contributed by atoms with Crippen LogP contribution in [-0.2, 0) is 0 Å². The zero-order valence-electron chi connectivity index (χ0n) is 44.4. The van der Waals surface area contributed by atoms with E-state index in [9.17, 15) is 0 Å².